The molecule has 4 heteroatoms. The van der Waals surface area contributed by atoms with E-state index in [4.69, 9.17) is 0 Å². The molecule has 0 fully saturated rings. The number of hydrogen-bond donors (Lipinski definition) is 1. The van der Waals surface area contributed by atoms with Gasteiger partial charge in [-0.15, -0.1) is 11.3 Å². The second-order valence-electron chi connectivity index (χ2n) is 5.32. The van der Waals surface area contributed by atoms with Gasteiger partial charge in [0.05, 0.1) is 10.7 Å². The van der Waals surface area contributed by atoms with E-state index in [1.807, 2.05) is 32.9 Å². The Hall–Kier alpha value is -1.26. The predicted molar refractivity (Wildman–Crippen MR) is 82.7 cm³/mol. The van der Waals surface area contributed by atoms with Crippen LogP contribution < -0.4 is 5.32 Å². The van der Waals surface area contributed by atoms with Crippen LogP contribution in [0.15, 0.2) is 12.1 Å². The Bertz CT molecular complexity index is 596. The predicted octanol–water partition coefficient (Wildman–Crippen LogP) is 4.37. The molecule has 108 valence electrons. The van der Waals surface area contributed by atoms with Crippen LogP contribution >= 0.6 is 11.3 Å². The van der Waals surface area contributed by atoms with Crippen LogP contribution in [0.1, 0.15) is 45.2 Å². The van der Waals surface area contributed by atoms with Crippen molar-refractivity contribution in [3.05, 3.63) is 50.2 Å². The smallest absolute Gasteiger partial charge is 0.129 e. The molecule has 1 heterocycles. The first kappa shape index (κ1) is 15.1. The van der Waals surface area contributed by atoms with Gasteiger partial charge in [-0.25, -0.2) is 9.37 Å². The second kappa shape index (κ2) is 6.02. The number of aryl methyl sites for hydroxylation is 4. The molecule has 0 saturated heterocycles. The lowest BCUT2D eigenvalue weighted by molar-refractivity contribution is 0.558. The van der Waals surface area contributed by atoms with Gasteiger partial charge in [0.2, 0.25) is 0 Å². The van der Waals surface area contributed by atoms with Crippen molar-refractivity contribution in [2.75, 3.05) is 0 Å². The highest BCUT2D eigenvalue weighted by Crippen LogP contribution is 2.23. The summed E-state index contributed by atoms with van der Waals surface area (Å²) >= 11 is 1.73. The van der Waals surface area contributed by atoms with E-state index in [1.165, 1.54) is 4.88 Å². The topological polar surface area (TPSA) is 24.9 Å². The molecule has 1 unspecified atom stereocenters. The fraction of sp³-hybridized carbons (Fsp3) is 0.438. The Morgan fingerprint density at radius 3 is 2.30 bits per heavy atom. The molecule has 0 amide bonds. The van der Waals surface area contributed by atoms with Crippen molar-refractivity contribution in [2.24, 2.45) is 0 Å². The van der Waals surface area contributed by atoms with Crippen LogP contribution in [0.25, 0.3) is 0 Å². The van der Waals surface area contributed by atoms with Gasteiger partial charge in [-0.1, -0.05) is 12.1 Å². The van der Waals surface area contributed by atoms with Crippen molar-refractivity contribution < 1.29 is 4.39 Å². The Morgan fingerprint density at radius 2 is 1.80 bits per heavy atom. The van der Waals surface area contributed by atoms with E-state index >= 15 is 0 Å². The van der Waals surface area contributed by atoms with E-state index in [2.05, 4.69) is 24.1 Å². The summed E-state index contributed by atoms with van der Waals surface area (Å²) in [5, 5.41) is 4.56. The van der Waals surface area contributed by atoms with Gasteiger partial charge in [0.25, 0.3) is 0 Å². The molecule has 2 nitrogen and oxygen atoms in total. The average Bonchev–Trinajstić information content (AvgIpc) is 2.72. The third kappa shape index (κ3) is 3.25. The van der Waals surface area contributed by atoms with E-state index in [0.29, 0.717) is 11.1 Å². The van der Waals surface area contributed by atoms with Crippen molar-refractivity contribution in [3.8, 4) is 0 Å². The molecule has 0 radical (unpaired) electrons. The molecule has 2 rings (SSSR count). The Labute approximate surface area is 124 Å². The van der Waals surface area contributed by atoms with Crippen LogP contribution in [-0.4, -0.2) is 4.98 Å². The summed E-state index contributed by atoms with van der Waals surface area (Å²) in [6.07, 6.45) is 0. The highest BCUT2D eigenvalue weighted by Gasteiger charge is 2.13. The van der Waals surface area contributed by atoms with Gasteiger partial charge in [-0.3, -0.25) is 0 Å². The van der Waals surface area contributed by atoms with Crippen LogP contribution in [0, 0.1) is 33.5 Å². The van der Waals surface area contributed by atoms with Crippen molar-refractivity contribution in [1.29, 1.82) is 0 Å². The van der Waals surface area contributed by atoms with E-state index in [0.717, 1.165) is 22.8 Å². The number of rotatable bonds is 4. The standard InChI is InChI=1S/C16H21FN2S/c1-9-6-14(7-10(2)15(9)17)8-18-11(3)16-12(4)20-13(5)19-16/h6-7,11,18H,8H2,1-5H3. The van der Waals surface area contributed by atoms with Gasteiger partial charge in [0.1, 0.15) is 5.82 Å². The third-order valence-electron chi connectivity index (χ3n) is 3.46. The number of thiazole rings is 1. The van der Waals surface area contributed by atoms with Gasteiger partial charge in [-0.2, -0.15) is 0 Å². The minimum atomic E-state index is -0.104. The number of nitrogens with zero attached hydrogens (tertiary/aromatic N) is 1. The van der Waals surface area contributed by atoms with Crippen LogP contribution in [0.5, 0.6) is 0 Å². The molecule has 0 aliphatic rings. The number of benzene rings is 1. The summed E-state index contributed by atoms with van der Waals surface area (Å²) in [6.45, 7) is 10.6. The van der Waals surface area contributed by atoms with Crippen molar-refractivity contribution in [2.45, 2.75) is 47.2 Å². The quantitative estimate of drug-likeness (QED) is 0.905. The maximum Gasteiger partial charge on any atom is 0.129 e. The van der Waals surface area contributed by atoms with Crippen LogP contribution in [-0.2, 0) is 6.54 Å². The van der Waals surface area contributed by atoms with E-state index in [1.54, 1.807) is 11.3 Å². The van der Waals surface area contributed by atoms with Crippen LogP contribution in [0.4, 0.5) is 4.39 Å². The zero-order valence-electron chi connectivity index (χ0n) is 12.7. The first-order valence-corrected chi connectivity index (χ1v) is 7.63. The van der Waals surface area contributed by atoms with Gasteiger partial charge in [-0.05, 0) is 51.3 Å². The molecular weight excluding hydrogens is 271 g/mol. The summed E-state index contributed by atoms with van der Waals surface area (Å²) in [5.41, 5.74) is 3.63. The summed E-state index contributed by atoms with van der Waals surface area (Å²) < 4.78 is 13.6. The minimum absolute atomic E-state index is 0.104. The SMILES string of the molecule is Cc1nc(C(C)NCc2cc(C)c(F)c(C)c2)c(C)s1. The van der Waals surface area contributed by atoms with Crippen molar-refractivity contribution in [1.82, 2.24) is 10.3 Å². The molecule has 1 aromatic heterocycles. The van der Waals surface area contributed by atoms with Crippen LogP contribution in [0.2, 0.25) is 0 Å². The summed E-state index contributed by atoms with van der Waals surface area (Å²) in [4.78, 5) is 5.83. The minimum Gasteiger partial charge on any atom is -0.305 e. The van der Waals surface area contributed by atoms with E-state index in [-0.39, 0.29) is 11.9 Å². The lowest BCUT2D eigenvalue weighted by atomic mass is 10.1. The van der Waals surface area contributed by atoms with Crippen molar-refractivity contribution in [3.63, 3.8) is 0 Å². The lowest BCUT2D eigenvalue weighted by Crippen LogP contribution is -2.19. The maximum absolute atomic E-state index is 13.6. The highest BCUT2D eigenvalue weighted by atomic mass is 32.1. The van der Waals surface area contributed by atoms with Gasteiger partial charge in [0.15, 0.2) is 0 Å². The molecule has 20 heavy (non-hydrogen) atoms. The Morgan fingerprint density at radius 1 is 1.20 bits per heavy atom. The number of hydrogen-bond acceptors (Lipinski definition) is 3. The maximum atomic E-state index is 13.6. The monoisotopic (exact) mass is 292 g/mol. The van der Waals surface area contributed by atoms with E-state index < -0.39 is 0 Å². The molecule has 1 aromatic carbocycles. The number of nitrogens with one attached hydrogen (secondary N) is 1. The van der Waals surface area contributed by atoms with Crippen LogP contribution in [0.3, 0.4) is 0 Å². The normalized spacial score (nSPS) is 12.7. The van der Waals surface area contributed by atoms with E-state index in [9.17, 15) is 4.39 Å². The average molecular weight is 292 g/mol. The van der Waals surface area contributed by atoms with Crippen molar-refractivity contribution >= 4 is 11.3 Å². The molecule has 0 spiro atoms. The number of aromatic nitrogens is 1. The summed E-state index contributed by atoms with van der Waals surface area (Å²) in [6, 6.07) is 4.01. The lowest BCUT2D eigenvalue weighted by Gasteiger charge is -2.14. The zero-order chi connectivity index (χ0) is 14.9. The second-order valence-corrected chi connectivity index (χ2v) is 6.73. The molecule has 0 saturated carbocycles. The molecule has 1 N–H and O–H groups in total. The fourth-order valence-corrected chi connectivity index (χ4v) is 3.37. The Balaban J connectivity index is 2.07. The zero-order valence-corrected chi connectivity index (χ0v) is 13.5. The fourth-order valence-electron chi connectivity index (χ4n) is 2.45. The molecule has 0 aliphatic heterocycles. The molecule has 2 aromatic rings. The van der Waals surface area contributed by atoms with Gasteiger partial charge < -0.3 is 5.32 Å². The Kier molecular flexibility index (Phi) is 4.55. The third-order valence-corrected chi connectivity index (χ3v) is 4.36. The first-order valence-electron chi connectivity index (χ1n) is 6.81. The molecule has 0 aliphatic carbocycles. The van der Waals surface area contributed by atoms with Gasteiger partial charge >= 0.3 is 0 Å². The molecule has 1 atom stereocenters. The first-order chi connectivity index (χ1) is 9.38. The highest BCUT2D eigenvalue weighted by molar-refractivity contribution is 7.11. The molecule has 0 bridgehead atoms. The molecular formula is C16H21FN2S. The summed E-state index contributed by atoms with van der Waals surface area (Å²) in [5.74, 6) is -0.104. The summed E-state index contributed by atoms with van der Waals surface area (Å²) in [7, 11) is 0. The largest absolute Gasteiger partial charge is 0.305 e. The number of halogens is 1. The van der Waals surface area contributed by atoms with Gasteiger partial charge in [0, 0.05) is 17.5 Å².